The summed E-state index contributed by atoms with van der Waals surface area (Å²) in [6, 6.07) is 15.8. The van der Waals surface area contributed by atoms with Crippen LogP contribution < -0.4 is 5.32 Å². The number of methoxy groups -OCH3 is 1. The van der Waals surface area contributed by atoms with Gasteiger partial charge >= 0.3 is 18.1 Å². The summed E-state index contributed by atoms with van der Waals surface area (Å²) < 4.78 is 42.0. The molecule has 1 aromatic heterocycles. The molecule has 0 fully saturated rings. The van der Waals surface area contributed by atoms with Gasteiger partial charge in [0.15, 0.2) is 0 Å². The van der Waals surface area contributed by atoms with Crippen molar-refractivity contribution < 1.29 is 27.5 Å². The molecule has 1 heterocycles. The first-order chi connectivity index (χ1) is 14.3. The number of hydrogen-bond donors (Lipinski definition) is 2. The van der Waals surface area contributed by atoms with E-state index in [4.69, 9.17) is 0 Å². The van der Waals surface area contributed by atoms with Crippen LogP contribution in [0.3, 0.4) is 0 Å². The molecule has 0 unspecified atom stereocenters. The van der Waals surface area contributed by atoms with Crippen molar-refractivity contribution >= 4 is 11.9 Å². The molecule has 0 aliphatic carbocycles. The molecule has 0 aliphatic heterocycles. The number of alkyl halides is 3. The second-order valence-electron chi connectivity index (χ2n) is 6.45. The number of esters is 1. The van der Waals surface area contributed by atoms with E-state index in [9.17, 15) is 22.8 Å². The van der Waals surface area contributed by atoms with E-state index >= 15 is 0 Å². The number of benzene rings is 2. The summed E-state index contributed by atoms with van der Waals surface area (Å²) in [5, 5.41) is 1.64. The predicted molar refractivity (Wildman–Crippen MR) is 103 cm³/mol. The number of hydrogen-bond acceptors (Lipinski definition) is 4. The van der Waals surface area contributed by atoms with Crippen molar-refractivity contribution in [3.05, 3.63) is 66.5 Å². The molecule has 0 spiro atoms. The Kier molecular flexibility index (Phi) is 6.20. The molecular formula is C21H18F3N3O3. The van der Waals surface area contributed by atoms with E-state index in [-0.39, 0.29) is 6.42 Å². The van der Waals surface area contributed by atoms with E-state index in [0.29, 0.717) is 11.5 Å². The number of imidazole rings is 1. The van der Waals surface area contributed by atoms with E-state index in [1.807, 2.05) is 54.6 Å². The Morgan fingerprint density at radius 2 is 1.63 bits per heavy atom. The number of carbonyl (C=O) groups excluding carboxylic acids is 2. The molecule has 3 rings (SSSR count). The molecule has 30 heavy (non-hydrogen) atoms. The Morgan fingerprint density at radius 3 is 2.23 bits per heavy atom. The number of amides is 1. The average Bonchev–Trinajstić information content (AvgIpc) is 3.21. The number of carbonyl (C=O) groups is 2. The molecule has 0 radical (unpaired) electrons. The van der Waals surface area contributed by atoms with Gasteiger partial charge in [0.05, 0.1) is 7.11 Å². The molecular weight excluding hydrogens is 399 g/mol. The van der Waals surface area contributed by atoms with Crippen LogP contribution in [-0.4, -0.2) is 41.2 Å². The second-order valence-corrected chi connectivity index (χ2v) is 6.45. The molecule has 0 saturated heterocycles. The van der Waals surface area contributed by atoms with Crippen molar-refractivity contribution in [1.29, 1.82) is 0 Å². The van der Waals surface area contributed by atoms with Crippen LogP contribution in [0.5, 0.6) is 0 Å². The highest BCUT2D eigenvalue weighted by atomic mass is 19.4. The summed E-state index contributed by atoms with van der Waals surface area (Å²) in [4.78, 5) is 30.2. The first-order valence-electron chi connectivity index (χ1n) is 8.93. The summed E-state index contributed by atoms with van der Waals surface area (Å²) >= 11 is 0. The highest BCUT2D eigenvalue weighted by Crippen LogP contribution is 2.23. The summed E-state index contributed by atoms with van der Waals surface area (Å²) in [5.41, 5.74) is 3.21. The first-order valence-corrected chi connectivity index (χ1v) is 8.93. The van der Waals surface area contributed by atoms with Crippen molar-refractivity contribution in [3.8, 4) is 22.5 Å². The van der Waals surface area contributed by atoms with Gasteiger partial charge in [-0.1, -0.05) is 54.6 Å². The first kappa shape index (κ1) is 21.1. The lowest BCUT2D eigenvalue weighted by Gasteiger charge is -2.16. The van der Waals surface area contributed by atoms with Crippen molar-refractivity contribution in [3.63, 3.8) is 0 Å². The van der Waals surface area contributed by atoms with Gasteiger partial charge < -0.3 is 15.0 Å². The molecule has 1 amide bonds. The molecule has 6 nitrogen and oxygen atoms in total. The van der Waals surface area contributed by atoms with Crippen LogP contribution in [0.25, 0.3) is 22.5 Å². The molecule has 156 valence electrons. The number of nitrogens with zero attached hydrogens (tertiary/aromatic N) is 1. The minimum atomic E-state index is -5.11. The highest BCUT2D eigenvalue weighted by Gasteiger charge is 2.41. The minimum Gasteiger partial charge on any atom is -0.467 e. The fourth-order valence-electron chi connectivity index (χ4n) is 2.86. The average molecular weight is 417 g/mol. The quantitative estimate of drug-likeness (QED) is 0.602. The summed E-state index contributed by atoms with van der Waals surface area (Å²) in [5.74, 6) is -2.72. The van der Waals surface area contributed by atoms with Gasteiger partial charge in [0.25, 0.3) is 0 Å². The van der Waals surface area contributed by atoms with E-state index in [2.05, 4.69) is 14.7 Å². The number of aromatic nitrogens is 2. The number of halogens is 3. The van der Waals surface area contributed by atoms with E-state index in [1.165, 1.54) is 6.20 Å². The number of H-pyrrole nitrogens is 1. The number of rotatable bonds is 6. The molecule has 0 aliphatic rings. The fraction of sp³-hybridized carbons (Fsp3) is 0.190. The Labute approximate surface area is 170 Å². The SMILES string of the molecule is COC(=O)[C@H](Cc1cnc(-c2ccc(-c3ccccc3)cc2)[nH]1)NC(=O)C(F)(F)F. The van der Waals surface area contributed by atoms with Crippen molar-refractivity contribution in [2.24, 2.45) is 0 Å². The summed E-state index contributed by atoms with van der Waals surface area (Å²) in [7, 11) is 1.03. The van der Waals surface area contributed by atoms with Crippen LogP contribution in [0.15, 0.2) is 60.8 Å². The third-order valence-corrected chi connectivity index (χ3v) is 4.37. The zero-order valence-electron chi connectivity index (χ0n) is 15.9. The molecule has 1 atom stereocenters. The highest BCUT2D eigenvalue weighted by molar-refractivity contribution is 5.87. The van der Waals surface area contributed by atoms with Crippen LogP contribution >= 0.6 is 0 Å². The van der Waals surface area contributed by atoms with Crippen LogP contribution in [-0.2, 0) is 20.7 Å². The monoisotopic (exact) mass is 417 g/mol. The third-order valence-electron chi connectivity index (χ3n) is 4.37. The van der Waals surface area contributed by atoms with E-state index in [1.54, 1.807) is 5.32 Å². The van der Waals surface area contributed by atoms with Gasteiger partial charge in [-0.2, -0.15) is 13.2 Å². The number of aromatic amines is 1. The van der Waals surface area contributed by atoms with Gasteiger partial charge in [-0.3, -0.25) is 4.79 Å². The second kappa shape index (κ2) is 8.81. The van der Waals surface area contributed by atoms with Gasteiger partial charge in [-0.25, -0.2) is 9.78 Å². The van der Waals surface area contributed by atoms with Gasteiger partial charge in [0.1, 0.15) is 11.9 Å². The van der Waals surface area contributed by atoms with Gasteiger partial charge in [0.2, 0.25) is 0 Å². The Balaban J connectivity index is 1.74. The van der Waals surface area contributed by atoms with Gasteiger partial charge in [-0.05, 0) is 11.1 Å². The lowest BCUT2D eigenvalue weighted by atomic mass is 10.0. The fourth-order valence-corrected chi connectivity index (χ4v) is 2.86. The molecule has 0 bridgehead atoms. The maximum Gasteiger partial charge on any atom is 0.471 e. The lowest BCUT2D eigenvalue weighted by molar-refractivity contribution is -0.175. The van der Waals surface area contributed by atoms with Crippen molar-refractivity contribution in [2.75, 3.05) is 7.11 Å². The van der Waals surface area contributed by atoms with E-state index in [0.717, 1.165) is 23.8 Å². The lowest BCUT2D eigenvalue weighted by Crippen LogP contribution is -2.48. The zero-order chi connectivity index (χ0) is 21.7. The molecule has 2 N–H and O–H groups in total. The topological polar surface area (TPSA) is 84.1 Å². The Morgan fingerprint density at radius 1 is 1.03 bits per heavy atom. The Bertz CT molecular complexity index is 1020. The normalized spacial score (nSPS) is 12.3. The van der Waals surface area contributed by atoms with Gasteiger partial charge in [0, 0.05) is 23.9 Å². The maximum absolute atomic E-state index is 12.5. The number of ether oxygens (including phenoxy) is 1. The molecule has 2 aromatic carbocycles. The predicted octanol–water partition coefficient (Wildman–Crippen LogP) is 3.51. The van der Waals surface area contributed by atoms with Crippen molar-refractivity contribution in [2.45, 2.75) is 18.6 Å². The van der Waals surface area contributed by atoms with Crippen LogP contribution in [0.2, 0.25) is 0 Å². The third kappa shape index (κ3) is 5.05. The van der Waals surface area contributed by atoms with E-state index < -0.39 is 24.1 Å². The summed E-state index contributed by atoms with van der Waals surface area (Å²) in [6.07, 6.45) is -3.94. The molecule has 9 heteroatoms. The zero-order valence-corrected chi connectivity index (χ0v) is 15.9. The standard InChI is InChI=1S/C21H18F3N3O3/c1-30-19(28)17(27-20(29)21(22,23)24)11-16-12-25-18(26-16)15-9-7-14(8-10-15)13-5-3-2-4-6-13/h2-10,12,17H,11H2,1H3,(H,25,26)(H,27,29)/t17-/m0/s1. The summed E-state index contributed by atoms with van der Waals surface area (Å²) in [6.45, 7) is 0. The van der Waals surface area contributed by atoms with Gasteiger partial charge in [-0.15, -0.1) is 0 Å². The Hall–Kier alpha value is -3.62. The van der Waals surface area contributed by atoms with Crippen molar-refractivity contribution in [1.82, 2.24) is 15.3 Å². The smallest absolute Gasteiger partial charge is 0.467 e. The minimum absolute atomic E-state index is 0.233. The maximum atomic E-state index is 12.5. The largest absolute Gasteiger partial charge is 0.471 e. The molecule has 0 saturated carbocycles. The number of nitrogens with one attached hydrogen (secondary N) is 2. The van der Waals surface area contributed by atoms with Crippen LogP contribution in [0, 0.1) is 0 Å². The van der Waals surface area contributed by atoms with Crippen LogP contribution in [0.1, 0.15) is 5.69 Å². The molecule has 3 aromatic rings. The van der Waals surface area contributed by atoms with Crippen LogP contribution in [0.4, 0.5) is 13.2 Å².